The first kappa shape index (κ1) is 68.7. The summed E-state index contributed by atoms with van der Waals surface area (Å²) in [7, 11) is -8.33. The number of Topliss-reactive ketones (excluding diaryl/α,β-unsaturated/α-hetero) is 2. The number of anilines is 2. The molecule has 11 aromatic carbocycles. The van der Waals surface area contributed by atoms with Crippen LogP contribution < -0.4 is 20.1 Å². The third-order valence-electron chi connectivity index (χ3n) is 14.0. The van der Waals surface area contributed by atoms with Gasteiger partial charge in [0.25, 0.3) is 0 Å². The highest BCUT2D eigenvalue weighted by molar-refractivity contribution is 9.26. The maximum absolute atomic E-state index is 14.1. The van der Waals surface area contributed by atoms with Gasteiger partial charge >= 0.3 is 19.8 Å². The number of para-hydroxylation sites is 3. The van der Waals surface area contributed by atoms with Gasteiger partial charge < -0.3 is 23.8 Å². The fourth-order valence-electron chi connectivity index (χ4n) is 10.2. The van der Waals surface area contributed by atoms with Gasteiger partial charge in [-0.15, -0.1) is 15.3 Å². The maximum atomic E-state index is 14.1. The van der Waals surface area contributed by atoms with E-state index in [0.29, 0.717) is 39.1 Å². The van der Waals surface area contributed by atoms with Crippen molar-refractivity contribution >= 4 is 127 Å². The highest BCUT2D eigenvalue weighted by atomic mass is 79.9. The number of hydrogen-bond acceptors (Lipinski definition) is 11. The second-order valence-corrected chi connectivity index (χ2v) is 37.7. The number of nitrogens with zero attached hydrogens (tertiary/aromatic N) is 1. The van der Waals surface area contributed by atoms with E-state index < -0.39 is 50.9 Å². The Morgan fingerprint density at radius 2 is 0.837 bits per heavy atom. The van der Waals surface area contributed by atoms with Crippen LogP contribution in [0.5, 0.6) is 11.5 Å². The van der Waals surface area contributed by atoms with Crippen molar-refractivity contribution in [1.82, 2.24) is 0 Å². The van der Waals surface area contributed by atoms with Crippen molar-refractivity contribution in [1.29, 1.82) is 0 Å². The molecule has 15 nitrogen and oxygen atoms in total. The fraction of sp³-hybridized carbons (Fsp3) is 0.137. The standard InChI is InChI=1S/C33H30NO5P.C30H24NO6P.C7H5NO.C3H9BrSi/c1-3-38-40(2,37)32(29-19-11-15-23-12-9-10-18-28(23)29)30(35)21-26-20-24-13-7-8-14-25(24)22-31(26)39-33(36)34-27-16-5-4-6-17-27;32-27(29(38(34,35)36)26-16-8-12-20-9-6-7-15-25(20)26)18-23-17-21-10-4-5-11-22(21)19-28(23)37-30(33)31-24-13-2-1-3-14-24;9-6-8-7-4-2-1-3-5-7;1-5(2,3)4/h4-20,22,32H,3,21H2,1-2H3,(H,34,36);1-17,19,29H,18H2,(H,31,33)(H2,34,35,36);1-5H;1-3H3. The number of aliphatic imine (C=N–C) groups is 1. The number of fused-ring (bicyclic) bond motifs is 4. The van der Waals surface area contributed by atoms with Gasteiger partial charge in [-0.1, -0.05) is 208 Å². The molecule has 0 fully saturated rings. The van der Waals surface area contributed by atoms with Crippen molar-refractivity contribution in [2.24, 2.45) is 4.99 Å². The van der Waals surface area contributed by atoms with E-state index in [4.69, 9.17) is 14.0 Å². The molecule has 0 heterocycles. The zero-order valence-electron chi connectivity index (χ0n) is 51.1. The first-order valence-electron chi connectivity index (χ1n) is 29.3. The minimum atomic E-state index is -4.90. The summed E-state index contributed by atoms with van der Waals surface area (Å²) in [6, 6.07) is 74.3. The van der Waals surface area contributed by atoms with Crippen molar-refractivity contribution < 1.29 is 56.9 Å². The Bertz CT molecular complexity index is 4530. The third-order valence-corrected chi connectivity index (χ3v) is 17.5. The lowest BCUT2D eigenvalue weighted by molar-refractivity contribution is -0.119. The van der Waals surface area contributed by atoms with Crippen molar-refractivity contribution in [3.8, 4) is 11.5 Å². The number of isocyanates is 1. The highest BCUT2D eigenvalue weighted by Crippen LogP contribution is 2.59. The van der Waals surface area contributed by atoms with Gasteiger partial charge in [-0.25, -0.2) is 14.4 Å². The summed E-state index contributed by atoms with van der Waals surface area (Å²) in [5.41, 5.74) is 0.886. The molecular weight excluding hydrogens is 1280 g/mol. The number of ether oxygens (including phenoxy) is 2. The molecule has 0 aliphatic rings. The van der Waals surface area contributed by atoms with E-state index in [2.05, 4.69) is 50.6 Å². The first-order valence-corrected chi connectivity index (χ1v) is 38.9. The Balaban J connectivity index is 0.000000196. The molecule has 0 spiro atoms. The number of carbonyl (C=O) groups excluding carboxylic acids is 5. The molecule has 0 saturated heterocycles. The maximum Gasteiger partial charge on any atom is 0.417 e. The van der Waals surface area contributed by atoms with Crippen molar-refractivity contribution in [3.63, 3.8) is 0 Å². The summed E-state index contributed by atoms with van der Waals surface area (Å²) in [5.74, 6) is -0.565. The van der Waals surface area contributed by atoms with E-state index >= 15 is 0 Å². The average molecular weight is 1350 g/mol. The lowest BCUT2D eigenvalue weighted by Gasteiger charge is -2.25. The Labute approximate surface area is 542 Å². The Kier molecular flexibility index (Phi) is 24.0. The van der Waals surface area contributed by atoms with Crippen LogP contribution >= 0.6 is 30.3 Å². The molecule has 11 rings (SSSR count). The minimum Gasteiger partial charge on any atom is -0.410 e. The minimum absolute atomic E-state index is 0.0996. The van der Waals surface area contributed by atoms with Gasteiger partial charge in [0, 0.05) is 42.0 Å². The molecule has 0 aliphatic heterocycles. The Morgan fingerprint density at radius 1 is 0.500 bits per heavy atom. The molecule has 0 aromatic heterocycles. The van der Waals surface area contributed by atoms with E-state index in [-0.39, 0.29) is 42.3 Å². The van der Waals surface area contributed by atoms with Crippen LogP contribution in [0.1, 0.15) is 40.5 Å². The molecule has 0 aliphatic carbocycles. The highest BCUT2D eigenvalue weighted by Gasteiger charge is 2.39. The predicted octanol–water partition coefficient (Wildman–Crippen LogP) is 18.9. The van der Waals surface area contributed by atoms with E-state index in [1.54, 1.807) is 97.9 Å². The van der Waals surface area contributed by atoms with Crippen molar-refractivity contribution in [3.05, 3.63) is 271 Å². The van der Waals surface area contributed by atoms with Gasteiger partial charge in [-0.3, -0.25) is 29.4 Å². The van der Waals surface area contributed by atoms with Gasteiger partial charge in [-0.05, 0) is 122 Å². The number of amides is 2. The van der Waals surface area contributed by atoms with Gasteiger partial charge in [0.05, 0.1) is 12.3 Å². The summed E-state index contributed by atoms with van der Waals surface area (Å²) < 4.78 is 43.7. The molecule has 468 valence electrons. The predicted molar refractivity (Wildman–Crippen MR) is 375 cm³/mol. The molecule has 4 N–H and O–H groups in total. The van der Waals surface area contributed by atoms with Crippen LogP contribution in [0.3, 0.4) is 0 Å². The number of carbonyl (C=O) groups is 4. The van der Waals surface area contributed by atoms with E-state index in [1.807, 2.05) is 158 Å². The number of halogens is 1. The third kappa shape index (κ3) is 19.6. The number of ketones is 2. The molecule has 92 heavy (non-hydrogen) atoms. The topological polar surface area (TPSA) is 224 Å². The number of hydrogen-bond donors (Lipinski definition) is 4. The molecule has 0 saturated carbocycles. The van der Waals surface area contributed by atoms with Crippen molar-refractivity contribution in [2.75, 3.05) is 23.9 Å². The van der Waals surface area contributed by atoms with Crippen LogP contribution in [0.2, 0.25) is 19.6 Å². The van der Waals surface area contributed by atoms with Crippen LogP contribution in [-0.4, -0.2) is 59.6 Å². The van der Waals surface area contributed by atoms with Crippen LogP contribution in [0, 0.1) is 0 Å². The van der Waals surface area contributed by atoms with Crippen LogP contribution in [0.15, 0.2) is 254 Å². The lowest BCUT2D eigenvalue weighted by Crippen LogP contribution is -2.20. The van der Waals surface area contributed by atoms with E-state index in [0.717, 1.165) is 37.7 Å². The average Bonchev–Trinajstić information content (AvgIpc) is 0.805. The molecule has 2 amide bonds. The second kappa shape index (κ2) is 32.2. The Morgan fingerprint density at radius 3 is 1.23 bits per heavy atom. The van der Waals surface area contributed by atoms with Crippen LogP contribution in [0.25, 0.3) is 43.1 Å². The fourth-order valence-corrected chi connectivity index (χ4v) is 13.3. The van der Waals surface area contributed by atoms with Gasteiger partial charge in [0.2, 0.25) is 13.4 Å². The molecule has 3 unspecified atom stereocenters. The molecule has 0 bridgehead atoms. The molecule has 0 radical (unpaired) electrons. The zero-order chi connectivity index (χ0) is 65.8. The number of benzene rings is 11. The largest absolute Gasteiger partial charge is 0.417 e. The molecular formula is C73H68BrN3O12P2Si. The summed E-state index contributed by atoms with van der Waals surface area (Å²) in [6.45, 7) is 9.43. The number of nitrogens with one attached hydrogen (secondary N) is 2. The summed E-state index contributed by atoms with van der Waals surface area (Å²) in [6.07, 6.45) is -0.409. The van der Waals surface area contributed by atoms with Gasteiger partial charge in [0.1, 0.15) is 29.5 Å². The lowest BCUT2D eigenvalue weighted by atomic mass is 9.96. The summed E-state index contributed by atoms with van der Waals surface area (Å²) in [5, 5.41) is 11.9. The second-order valence-electron chi connectivity index (χ2n) is 22.1. The summed E-state index contributed by atoms with van der Waals surface area (Å²) in [4.78, 5) is 86.9. The van der Waals surface area contributed by atoms with E-state index in [9.17, 15) is 42.9 Å². The number of rotatable bonds is 17. The van der Waals surface area contributed by atoms with Crippen LogP contribution in [0.4, 0.5) is 26.7 Å². The SMILES string of the molecule is CCOP(C)(=O)C(C(=O)Cc1cc2ccccc2cc1OC(=O)Nc1ccccc1)c1cccc2ccccc12.C[Si](C)(C)Br.O=C(Nc1ccccc1)Oc1cc2ccccc2cc1CC(=O)C(c1cccc2ccccc12)P(=O)(O)O.O=C=Nc1ccccc1. The summed E-state index contributed by atoms with van der Waals surface area (Å²) >= 11 is 3.51. The monoisotopic (exact) mass is 1350 g/mol. The quantitative estimate of drug-likeness (QED) is 0.0220. The van der Waals surface area contributed by atoms with Crippen LogP contribution in [-0.2, 0) is 40.9 Å². The smallest absolute Gasteiger partial charge is 0.410 e. The molecule has 3 atom stereocenters. The van der Waals surface area contributed by atoms with Gasteiger partial charge in [-0.2, -0.15) is 4.99 Å². The van der Waals surface area contributed by atoms with Crippen molar-refractivity contribution in [2.45, 2.75) is 50.7 Å². The molecule has 11 aromatic rings. The van der Waals surface area contributed by atoms with E-state index in [1.165, 1.54) is 12.7 Å². The van der Waals surface area contributed by atoms with Gasteiger partial charge in [0.15, 0.2) is 11.6 Å². The Hall–Kier alpha value is -9.24. The molecule has 19 heteroatoms. The normalized spacial score (nSPS) is 12.3. The first-order chi connectivity index (χ1) is 44.1. The zero-order valence-corrected chi connectivity index (χ0v) is 55.5.